The SMILES string of the molecule is COc1cc(CNC(=O)c2cc(C)nc3c2cnn3Cc2cccs2)ccc1OCC(N)=O. The Balaban J connectivity index is 1.51. The zero-order valence-electron chi connectivity index (χ0n) is 18.2. The van der Waals surface area contributed by atoms with Gasteiger partial charge in [-0.2, -0.15) is 5.10 Å². The van der Waals surface area contributed by atoms with Crippen LogP contribution in [0.5, 0.6) is 11.5 Å². The molecule has 0 saturated carbocycles. The van der Waals surface area contributed by atoms with E-state index in [0.717, 1.165) is 16.1 Å². The number of rotatable bonds is 9. The lowest BCUT2D eigenvalue weighted by Gasteiger charge is -2.12. The van der Waals surface area contributed by atoms with Gasteiger partial charge in [0, 0.05) is 17.1 Å². The third-order valence-electron chi connectivity index (χ3n) is 4.92. The molecule has 3 heterocycles. The summed E-state index contributed by atoms with van der Waals surface area (Å²) < 4.78 is 12.5. The summed E-state index contributed by atoms with van der Waals surface area (Å²) in [4.78, 5) is 29.7. The number of fused-ring (bicyclic) bond motifs is 1. The number of nitrogens with two attached hydrogens (primary N) is 1. The van der Waals surface area contributed by atoms with Crippen molar-refractivity contribution in [2.45, 2.75) is 20.0 Å². The highest BCUT2D eigenvalue weighted by molar-refractivity contribution is 7.09. The summed E-state index contributed by atoms with van der Waals surface area (Å²) in [5, 5.41) is 10.1. The van der Waals surface area contributed by atoms with Crippen molar-refractivity contribution in [3.8, 4) is 11.5 Å². The van der Waals surface area contributed by atoms with Crippen LogP contribution >= 0.6 is 11.3 Å². The Kier molecular flexibility index (Phi) is 6.55. The van der Waals surface area contributed by atoms with Crippen LogP contribution in [0.2, 0.25) is 0 Å². The molecule has 0 saturated heterocycles. The topological polar surface area (TPSA) is 121 Å². The molecule has 0 spiro atoms. The first kappa shape index (κ1) is 22.3. The van der Waals surface area contributed by atoms with E-state index in [1.165, 1.54) is 7.11 Å². The van der Waals surface area contributed by atoms with Crippen molar-refractivity contribution in [2.75, 3.05) is 13.7 Å². The molecule has 0 radical (unpaired) electrons. The largest absolute Gasteiger partial charge is 0.493 e. The Labute approximate surface area is 194 Å². The zero-order valence-corrected chi connectivity index (χ0v) is 19.0. The van der Waals surface area contributed by atoms with Crippen molar-refractivity contribution >= 4 is 34.2 Å². The second-order valence-electron chi connectivity index (χ2n) is 7.35. The van der Waals surface area contributed by atoms with E-state index in [0.29, 0.717) is 34.6 Å². The molecule has 33 heavy (non-hydrogen) atoms. The van der Waals surface area contributed by atoms with Crippen molar-refractivity contribution in [1.82, 2.24) is 20.1 Å². The fourth-order valence-corrected chi connectivity index (χ4v) is 4.08. The van der Waals surface area contributed by atoms with E-state index in [4.69, 9.17) is 15.2 Å². The minimum Gasteiger partial charge on any atom is -0.493 e. The summed E-state index contributed by atoms with van der Waals surface area (Å²) in [5.41, 5.74) is 7.85. The van der Waals surface area contributed by atoms with Gasteiger partial charge in [-0.1, -0.05) is 12.1 Å². The molecule has 0 unspecified atom stereocenters. The van der Waals surface area contributed by atoms with Crippen molar-refractivity contribution in [2.24, 2.45) is 5.73 Å². The molecule has 2 amide bonds. The van der Waals surface area contributed by atoms with Gasteiger partial charge < -0.3 is 20.5 Å². The van der Waals surface area contributed by atoms with Crippen LogP contribution in [-0.2, 0) is 17.9 Å². The molecule has 0 aliphatic carbocycles. The Morgan fingerprint density at radius 1 is 1.21 bits per heavy atom. The maximum Gasteiger partial charge on any atom is 0.255 e. The lowest BCUT2D eigenvalue weighted by molar-refractivity contribution is -0.119. The molecule has 3 aromatic heterocycles. The first-order valence-corrected chi connectivity index (χ1v) is 11.0. The number of amides is 2. The number of benzene rings is 1. The maximum atomic E-state index is 13.0. The number of hydrogen-bond acceptors (Lipinski definition) is 7. The van der Waals surface area contributed by atoms with E-state index in [9.17, 15) is 9.59 Å². The number of thiophene rings is 1. The highest BCUT2D eigenvalue weighted by Gasteiger charge is 2.16. The fraction of sp³-hybridized carbons (Fsp3) is 0.217. The molecule has 4 aromatic rings. The molecule has 3 N–H and O–H groups in total. The van der Waals surface area contributed by atoms with Crippen molar-refractivity contribution in [3.05, 3.63) is 69.7 Å². The molecule has 0 atom stereocenters. The van der Waals surface area contributed by atoms with Crippen LogP contribution < -0.4 is 20.5 Å². The van der Waals surface area contributed by atoms with Crippen LogP contribution in [0.1, 0.15) is 26.5 Å². The van der Waals surface area contributed by atoms with E-state index in [1.807, 2.05) is 24.4 Å². The van der Waals surface area contributed by atoms with Crippen molar-refractivity contribution < 1.29 is 19.1 Å². The van der Waals surface area contributed by atoms with E-state index in [2.05, 4.69) is 15.4 Å². The first-order valence-electron chi connectivity index (χ1n) is 10.2. The second kappa shape index (κ2) is 9.70. The van der Waals surface area contributed by atoms with Crippen LogP contribution in [0.3, 0.4) is 0 Å². The van der Waals surface area contributed by atoms with Gasteiger partial charge in [-0.3, -0.25) is 9.59 Å². The maximum absolute atomic E-state index is 13.0. The van der Waals surface area contributed by atoms with Crippen LogP contribution in [0.25, 0.3) is 11.0 Å². The molecule has 170 valence electrons. The number of hydrogen-bond donors (Lipinski definition) is 2. The molecule has 0 fully saturated rings. The number of aryl methyl sites for hydroxylation is 1. The number of nitrogens with one attached hydrogen (secondary N) is 1. The molecule has 0 bridgehead atoms. The molecule has 4 rings (SSSR count). The number of primary amides is 1. The van der Waals surface area contributed by atoms with Gasteiger partial charge in [-0.25, -0.2) is 9.67 Å². The lowest BCUT2D eigenvalue weighted by Crippen LogP contribution is -2.23. The van der Waals surface area contributed by atoms with Gasteiger partial charge in [-0.15, -0.1) is 11.3 Å². The van der Waals surface area contributed by atoms with Gasteiger partial charge in [0.15, 0.2) is 23.8 Å². The lowest BCUT2D eigenvalue weighted by atomic mass is 10.1. The molecule has 0 aliphatic rings. The molecule has 9 nitrogen and oxygen atoms in total. The molecule has 0 aliphatic heterocycles. The number of carbonyl (C=O) groups excluding carboxylic acids is 2. The summed E-state index contributed by atoms with van der Waals surface area (Å²) in [6, 6.07) is 11.0. The normalized spacial score (nSPS) is 10.8. The summed E-state index contributed by atoms with van der Waals surface area (Å²) in [7, 11) is 1.50. The Bertz CT molecular complexity index is 1300. The van der Waals surface area contributed by atoms with Crippen LogP contribution in [0, 0.1) is 6.92 Å². The van der Waals surface area contributed by atoms with E-state index >= 15 is 0 Å². The highest BCUT2D eigenvalue weighted by Crippen LogP contribution is 2.28. The smallest absolute Gasteiger partial charge is 0.255 e. The Morgan fingerprint density at radius 2 is 2.06 bits per heavy atom. The van der Waals surface area contributed by atoms with Gasteiger partial charge >= 0.3 is 0 Å². The fourth-order valence-electron chi connectivity index (χ4n) is 3.39. The predicted molar refractivity (Wildman–Crippen MR) is 125 cm³/mol. The average Bonchev–Trinajstić information content (AvgIpc) is 3.46. The van der Waals surface area contributed by atoms with Gasteiger partial charge in [-0.05, 0) is 42.1 Å². The number of pyridine rings is 1. The number of carbonyl (C=O) groups is 2. The van der Waals surface area contributed by atoms with Gasteiger partial charge in [0.1, 0.15) is 0 Å². The summed E-state index contributed by atoms with van der Waals surface area (Å²) in [6.45, 7) is 2.48. The third-order valence-corrected chi connectivity index (χ3v) is 5.78. The van der Waals surface area contributed by atoms with E-state index < -0.39 is 5.91 Å². The van der Waals surface area contributed by atoms with Crippen LogP contribution in [-0.4, -0.2) is 40.3 Å². The van der Waals surface area contributed by atoms with Crippen molar-refractivity contribution in [3.63, 3.8) is 0 Å². The summed E-state index contributed by atoms with van der Waals surface area (Å²) in [6.07, 6.45) is 1.68. The summed E-state index contributed by atoms with van der Waals surface area (Å²) in [5.74, 6) is 0.0382. The second-order valence-corrected chi connectivity index (χ2v) is 8.39. The highest BCUT2D eigenvalue weighted by atomic mass is 32.1. The monoisotopic (exact) mass is 465 g/mol. The van der Waals surface area contributed by atoms with Gasteiger partial charge in [0.05, 0.1) is 30.8 Å². The van der Waals surface area contributed by atoms with E-state index in [1.54, 1.807) is 46.5 Å². The van der Waals surface area contributed by atoms with Gasteiger partial charge in [0.25, 0.3) is 11.8 Å². The van der Waals surface area contributed by atoms with Crippen molar-refractivity contribution in [1.29, 1.82) is 0 Å². The standard InChI is InChI=1S/C23H23N5O4S/c1-14-8-17(18-11-26-28(22(18)27-14)12-16-4-3-7-33-16)23(30)25-10-15-5-6-19(20(9-15)31-2)32-13-21(24)29/h3-9,11H,10,12-13H2,1-2H3,(H2,24,29)(H,25,30). The minimum absolute atomic E-state index is 0.228. The van der Waals surface area contributed by atoms with Crippen LogP contribution in [0.15, 0.2) is 48.0 Å². The number of nitrogens with zero attached hydrogens (tertiary/aromatic N) is 3. The quantitative estimate of drug-likeness (QED) is 0.392. The minimum atomic E-state index is -0.578. The first-order chi connectivity index (χ1) is 15.9. The number of ether oxygens (including phenoxy) is 2. The third kappa shape index (κ3) is 5.12. The Hall–Kier alpha value is -3.92. The predicted octanol–water partition coefficient (Wildman–Crippen LogP) is 2.65. The average molecular weight is 466 g/mol. The van der Waals surface area contributed by atoms with E-state index in [-0.39, 0.29) is 19.1 Å². The summed E-state index contributed by atoms with van der Waals surface area (Å²) >= 11 is 1.65. The van der Waals surface area contributed by atoms with Crippen LogP contribution in [0.4, 0.5) is 0 Å². The zero-order chi connectivity index (χ0) is 23.4. The molecule has 10 heteroatoms. The molecular weight excluding hydrogens is 442 g/mol. The number of methoxy groups -OCH3 is 1. The molecular formula is C23H23N5O4S. The molecule has 1 aromatic carbocycles. The van der Waals surface area contributed by atoms with Gasteiger partial charge in [0.2, 0.25) is 0 Å². The number of aromatic nitrogens is 3. The Morgan fingerprint density at radius 3 is 2.79 bits per heavy atom.